The van der Waals surface area contributed by atoms with Gasteiger partial charge in [0.05, 0.1) is 0 Å². The van der Waals surface area contributed by atoms with Gasteiger partial charge in [-0.25, -0.2) is 9.97 Å². The van der Waals surface area contributed by atoms with Gasteiger partial charge in [-0.2, -0.15) is 0 Å². The van der Waals surface area contributed by atoms with Crippen LogP contribution in [0.5, 0.6) is 0 Å². The van der Waals surface area contributed by atoms with Gasteiger partial charge in [-0.05, 0) is 44.3 Å². The van der Waals surface area contributed by atoms with E-state index in [9.17, 15) is 0 Å². The van der Waals surface area contributed by atoms with Crippen LogP contribution in [-0.4, -0.2) is 36.1 Å². The molecule has 0 saturated carbocycles. The topological polar surface area (TPSA) is 41.1 Å². The minimum atomic E-state index is 0.838. The maximum Gasteiger partial charge on any atom is 0.225 e. The van der Waals surface area contributed by atoms with E-state index >= 15 is 0 Å². The number of hydrogen-bond acceptors (Lipinski definition) is 4. The largest absolute Gasteiger partial charge is 0.341 e. The fraction of sp³-hybridized carbons (Fsp3) is 0.667. The van der Waals surface area contributed by atoms with Gasteiger partial charge in [-0.3, -0.25) is 0 Å². The molecule has 1 unspecified atom stereocenters. The van der Waals surface area contributed by atoms with Crippen molar-refractivity contribution < 1.29 is 0 Å². The number of nitrogens with zero attached hydrogens (tertiary/aromatic N) is 3. The van der Waals surface area contributed by atoms with Crippen LogP contribution in [0.25, 0.3) is 0 Å². The molecule has 2 aliphatic heterocycles. The molecule has 1 N–H and O–H groups in total. The summed E-state index contributed by atoms with van der Waals surface area (Å²) < 4.78 is 0. The van der Waals surface area contributed by atoms with Crippen LogP contribution in [0.15, 0.2) is 12.3 Å². The van der Waals surface area contributed by atoms with Crippen LogP contribution in [0.4, 0.5) is 5.95 Å². The quantitative estimate of drug-likeness (QED) is 0.798. The maximum atomic E-state index is 4.49. The Hall–Kier alpha value is -1.16. The van der Waals surface area contributed by atoms with E-state index < -0.39 is 0 Å². The predicted molar refractivity (Wildman–Crippen MR) is 63.4 cm³/mol. The maximum absolute atomic E-state index is 4.49. The third kappa shape index (κ3) is 1.78. The Morgan fingerprint density at radius 3 is 2.94 bits per heavy atom. The molecule has 0 bridgehead atoms. The summed E-state index contributed by atoms with van der Waals surface area (Å²) in [4.78, 5) is 11.2. The lowest BCUT2D eigenvalue weighted by Gasteiger charge is -2.32. The van der Waals surface area contributed by atoms with Gasteiger partial charge < -0.3 is 10.2 Å². The minimum absolute atomic E-state index is 0.838. The molecule has 1 aromatic rings. The van der Waals surface area contributed by atoms with Crippen LogP contribution in [0.1, 0.15) is 12.1 Å². The van der Waals surface area contributed by atoms with Crippen molar-refractivity contribution in [3.63, 3.8) is 0 Å². The zero-order valence-corrected chi connectivity index (χ0v) is 9.69. The molecule has 1 aromatic heterocycles. The van der Waals surface area contributed by atoms with E-state index in [1.54, 1.807) is 0 Å². The van der Waals surface area contributed by atoms with Crippen LogP contribution < -0.4 is 10.2 Å². The Bertz CT molecular complexity index is 375. The lowest BCUT2D eigenvalue weighted by Crippen LogP contribution is -2.46. The number of hydrogen-bond donors (Lipinski definition) is 1. The SMILES string of the molecule is Cc1ccnc(N2CCC(C3CNC3)C2)n1. The third-order valence-electron chi connectivity index (χ3n) is 3.77. The first-order valence-electron chi connectivity index (χ1n) is 6.08. The van der Waals surface area contributed by atoms with Crippen molar-refractivity contribution >= 4 is 5.95 Å². The van der Waals surface area contributed by atoms with Crippen molar-refractivity contribution in [3.05, 3.63) is 18.0 Å². The van der Waals surface area contributed by atoms with Crippen molar-refractivity contribution in [2.75, 3.05) is 31.1 Å². The third-order valence-corrected chi connectivity index (χ3v) is 3.77. The van der Waals surface area contributed by atoms with E-state index in [0.717, 1.165) is 36.6 Å². The fourth-order valence-corrected chi connectivity index (χ4v) is 2.59. The van der Waals surface area contributed by atoms with Crippen LogP contribution in [0, 0.1) is 18.8 Å². The highest BCUT2D eigenvalue weighted by Crippen LogP contribution is 2.28. The molecule has 2 fully saturated rings. The highest BCUT2D eigenvalue weighted by Gasteiger charge is 2.33. The van der Waals surface area contributed by atoms with Gasteiger partial charge in [-0.15, -0.1) is 0 Å². The summed E-state index contributed by atoms with van der Waals surface area (Å²) in [5.74, 6) is 2.63. The van der Waals surface area contributed by atoms with E-state index in [1.165, 1.54) is 19.5 Å². The number of nitrogens with one attached hydrogen (secondary N) is 1. The molecule has 2 aliphatic rings. The molecule has 0 aromatic carbocycles. The molecule has 2 saturated heterocycles. The summed E-state index contributed by atoms with van der Waals surface area (Å²) in [5.41, 5.74) is 1.05. The molecular weight excluding hydrogens is 200 g/mol. The lowest BCUT2D eigenvalue weighted by atomic mass is 9.87. The first-order chi connectivity index (χ1) is 7.83. The lowest BCUT2D eigenvalue weighted by molar-refractivity contribution is 0.250. The first-order valence-corrected chi connectivity index (χ1v) is 6.08. The Morgan fingerprint density at radius 1 is 1.38 bits per heavy atom. The molecular formula is C12H18N4. The molecule has 4 nitrogen and oxygen atoms in total. The van der Waals surface area contributed by atoms with Gasteiger partial charge >= 0.3 is 0 Å². The normalized spacial score (nSPS) is 25.8. The molecule has 4 heteroatoms. The van der Waals surface area contributed by atoms with Crippen molar-refractivity contribution in [1.82, 2.24) is 15.3 Å². The zero-order chi connectivity index (χ0) is 11.0. The molecule has 16 heavy (non-hydrogen) atoms. The molecule has 3 heterocycles. The minimum Gasteiger partial charge on any atom is -0.341 e. The Balaban J connectivity index is 1.68. The average Bonchev–Trinajstić information content (AvgIpc) is 2.64. The van der Waals surface area contributed by atoms with E-state index in [2.05, 4.69) is 20.2 Å². The highest BCUT2D eigenvalue weighted by molar-refractivity contribution is 5.32. The molecule has 1 atom stereocenters. The van der Waals surface area contributed by atoms with Crippen LogP contribution in [0.2, 0.25) is 0 Å². The summed E-state index contributed by atoms with van der Waals surface area (Å²) in [6.45, 7) is 6.68. The molecule has 86 valence electrons. The molecule has 3 rings (SSSR count). The first kappa shape index (κ1) is 10.0. The predicted octanol–water partition coefficient (Wildman–Crippen LogP) is 0.831. The van der Waals surface area contributed by atoms with Crippen LogP contribution in [0.3, 0.4) is 0 Å². The second-order valence-electron chi connectivity index (χ2n) is 4.91. The van der Waals surface area contributed by atoms with Crippen molar-refractivity contribution in [3.8, 4) is 0 Å². The second kappa shape index (κ2) is 4.01. The summed E-state index contributed by atoms with van der Waals surface area (Å²) >= 11 is 0. The summed E-state index contributed by atoms with van der Waals surface area (Å²) in [6.07, 6.45) is 3.15. The van der Waals surface area contributed by atoms with Gasteiger partial charge in [-0.1, -0.05) is 0 Å². The van der Waals surface area contributed by atoms with Crippen molar-refractivity contribution in [2.24, 2.45) is 11.8 Å². The zero-order valence-electron chi connectivity index (χ0n) is 9.69. The summed E-state index contributed by atoms with van der Waals surface area (Å²) in [5, 5.41) is 3.35. The molecule has 0 aliphatic carbocycles. The van der Waals surface area contributed by atoms with Gasteiger partial charge in [0.25, 0.3) is 0 Å². The van der Waals surface area contributed by atoms with Crippen LogP contribution in [-0.2, 0) is 0 Å². The molecule has 0 radical (unpaired) electrons. The second-order valence-corrected chi connectivity index (χ2v) is 4.91. The Kier molecular flexibility index (Phi) is 2.52. The standard InChI is InChI=1S/C12H18N4/c1-9-2-4-14-12(15-9)16-5-3-10(8-16)11-6-13-7-11/h2,4,10-11,13H,3,5-8H2,1H3. The van der Waals surface area contributed by atoms with E-state index in [4.69, 9.17) is 0 Å². The fourth-order valence-electron chi connectivity index (χ4n) is 2.59. The van der Waals surface area contributed by atoms with E-state index in [1.807, 2.05) is 19.2 Å². The van der Waals surface area contributed by atoms with Gasteiger partial charge in [0.2, 0.25) is 5.95 Å². The highest BCUT2D eigenvalue weighted by atomic mass is 15.3. The summed E-state index contributed by atoms with van der Waals surface area (Å²) in [7, 11) is 0. The smallest absolute Gasteiger partial charge is 0.225 e. The molecule has 0 amide bonds. The molecule has 0 spiro atoms. The van der Waals surface area contributed by atoms with Crippen molar-refractivity contribution in [2.45, 2.75) is 13.3 Å². The average molecular weight is 218 g/mol. The van der Waals surface area contributed by atoms with Crippen molar-refractivity contribution in [1.29, 1.82) is 0 Å². The van der Waals surface area contributed by atoms with Gasteiger partial charge in [0, 0.05) is 25.0 Å². The monoisotopic (exact) mass is 218 g/mol. The Morgan fingerprint density at radius 2 is 2.25 bits per heavy atom. The number of anilines is 1. The Labute approximate surface area is 96.1 Å². The van der Waals surface area contributed by atoms with Gasteiger partial charge in [0.15, 0.2) is 0 Å². The summed E-state index contributed by atoms with van der Waals surface area (Å²) in [6, 6.07) is 1.95. The van der Waals surface area contributed by atoms with Gasteiger partial charge in [0.1, 0.15) is 0 Å². The van der Waals surface area contributed by atoms with E-state index in [0.29, 0.717) is 0 Å². The van der Waals surface area contributed by atoms with Crippen LogP contribution >= 0.6 is 0 Å². The number of aromatic nitrogens is 2. The number of aryl methyl sites for hydroxylation is 1. The number of rotatable bonds is 2. The van der Waals surface area contributed by atoms with E-state index in [-0.39, 0.29) is 0 Å².